The Kier molecular flexibility index (Phi) is 7.87. The van der Waals surface area contributed by atoms with Crippen LogP contribution in [0, 0.1) is 0 Å². The average Bonchev–Trinajstić information content (AvgIpc) is 3.43. The lowest BCUT2D eigenvalue weighted by molar-refractivity contribution is -0.133. The van der Waals surface area contributed by atoms with E-state index in [-0.39, 0.29) is 18.1 Å². The second-order valence-corrected chi connectivity index (χ2v) is 10.1. The zero-order valence-corrected chi connectivity index (χ0v) is 22.8. The number of carbonyl (C=O) groups is 1. The number of nitrogens with two attached hydrogens (primary N) is 1. The quantitative estimate of drug-likeness (QED) is 0.259. The van der Waals surface area contributed by atoms with Crippen LogP contribution in [0.2, 0.25) is 0 Å². The molecule has 1 saturated heterocycles. The smallest absolute Gasteiger partial charge is 0.250 e. The molecular weight excluding hydrogens is 488 g/mol. The second kappa shape index (κ2) is 11.6. The molecule has 0 saturated carbocycles. The van der Waals surface area contributed by atoms with Crippen molar-refractivity contribution in [3.8, 4) is 11.5 Å². The number of hydrogen-bond donors (Lipinski definition) is 2. The summed E-state index contributed by atoms with van der Waals surface area (Å²) in [5, 5.41) is 5.37. The van der Waals surface area contributed by atoms with Crippen LogP contribution in [-0.2, 0) is 4.79 Å². The first kappa shape index (κ1) is 26.4. The van der Waals surface area contributed by atoms with E-state index in [1.807, 2.05) is 86.3 Å². The molecule has 0 radical (unpaired) electrons. The number of hydrogen-bond acceptors (Lipinski definition) is 6. The molecule has 0 spiro atoms. The second-order valence-electron chi connectivity index (χ2n) is 10.1. The number of nitrogen functional groups attached to an aromatic ring is 1. The highest BCUT2D eigenvalue weighted by molar-refractivity contribution is 5.94. The van der Waals surface area contributed by atoms with E-state index in [0.29, 0.717) is 30.5 Å². The number of benzene rings is 3. The van der Waals surface area contributed by atoms with E-state index in [0.717, 1.165) is 40.4 Å². The van der Waals surface area contributed by atoms with Gasteiger partial charge in [0, 0.05) is 23.8 Å². The average molecular weight is 525 g/mol. The van der Waals surface area contributed by atoms with Crippen LogP contribution >= 0.6 is 0 Å². The maximum Gasteiger partial charge on any atom is 0.250 e. The number of anilines is 2. The zero-order chi connectivity index (χ0) is 27.4. The van der Waals surface area contributed by atoms with Crippen LogP contribution in [0.3, 0.4) is 0 Å². The van der Waals surface area contributed by atoms with Gasteiger partial charge in [0.25, 0.3) is 0 Å². The van der Waals surface area contributed by atoms with E-state index in [2.05, 4.69) is 22.4 Å². The summed E-state index contributed by atoms with van der Waals surface area (Å²) in [5.74, 6) is 1.80. The number of carbonyl (C=O) groups excluding carboxylic acids is 1. The van der Waals surface area contributed by atoms with Crippen LogP contribution < -0.4 is 20.5 Å². The first-order chi connectivity index (χ1) is 18.9. The topological polar surface area (TPSA) is 89.7 Å². The van der Waals surface area contributed by atoms with E-state index < -0.39 is 6.04 Å². The minimum absolute atomic E-state index is 0.00127. The SMILES string of the molecule is CCOc1cc([C@@H](Nc2ccc3c(N)nccc3c2)C(=O)N2CCC[C@@H]2c2ccccc2)ccc1OC(C)C. The highest BCUT2D eigenvalue weighted by Gasteiger charge is 2.35. The van der Waals surface area contributed by atoms with Gasteiger partial charge in [0.1, 0.15) is 11.9 Å². The van der Waals surface area contributed by atoms with Gasteiger partial charge in [0.2, 0.25) is 5.91 Å². The molecule has 4 aromatic rings. The fourth-order valence-electron chi connectivity index (χ4n) is 5.29. The Morgan fingerprint density at radius 2 is 1.90 bits per heavy atom. The van der Waals surface area contributed by atoms with E-state index in [9.17, 15) is 4.79 Å². The van der Waals surface area contributed by atoms with Crippen molar-refractivity contribution in [2.24, 2.45) is 0 Å². The van der Waals surface area contributed by atoms with Crippen LogP contribution in [0.5, 0.6) is 11.5 Å². The third-order valence-corrected chi connectivity index (χ3v) is 7.04. The van der Waals surface area contributed by atoms with Gasteiger partial charge < -0.3 is 25.4 Å². The Labute approximate surface area is 229 Å². The van der Waals surface area contributed by atoms with E-state index in [1.54, 1.807) is 6.20 Å². The molecule has 7 heteroatoms. The standard InChI is InChI=1S/C32H36N4O3/c1-4-38-29-20-24(12-15-28(29)39-21(2)3)30(35-25-13-14-26-23(19-25)16-17-34-31(26)33)32(37)36-18-8-11-27(36)22-9-6-5-7-10-22/h5-7,9-10,12-17,19-21,27,30,35H,4,8,11,18H2,1-3H3,(H2,33,34)/t27-,30-/m1/s1. The van der Waals surface area contributed by atoms with Crippen molar-refractivity contribution in [1.29, 1.82) is 0 Å². The maximum absolute atomic E-state index is 14.3. The number of nitrogens with one attached hydrogen (secondary N) is 1. The first-order valence-corrected chi connectivity index (χ1v) is 13.6. The van der Waals surface area contributed by atoms with E-state index in [4.69, 9.17) is 15.2 Å². The van der Waals surface area contributed by atoms with Gasteiger partial charge in [-0.3, -0.25) is 4.79 Å². The largest absolute Gasteiger partial charge is 0.490 e. The van der Waals surface area contributed by atoms with Gasteiger partial charge in [-0.1, -0.05) is 36.4 Å². The lowest BCUT2D eigenvalue weighted by Gasteiger charge is -2.31. The van der Waals surface area contributed by atoms with Gasteiger partial charge in [-0.05, 0) is 86.5 Å². The summed E-state index contributed by atoms with van der Waals surface area (Å²) in [6.07, 6.45) is 3.60. The van der Waals surface area contributed by atoms with Gasteiger partial charge in [-0.2, -0.15) is 0 Å². The third-order valence-electron chi connectivity index (χ3n) is 7.04. The highest BCUT2D eigenvalue weighted by atomic mass is 16.5. The van der Waals surface area contributed by atoms with Crippen LogP contribution in [0.4, 0.5) is 11.5 Å². The van der Waals surface area contributed by atoms with Crippen LogP contribution in [-0.4, -0.2) is 35.0 Å². The zero-order valence-electron chi connectivity index (χ0n) is 22.8. The minimum atomic E-state index is -0.627. The van der Waals surface area contributed by atoms with Gasteiger partial charge in [0.15, 0.2) is 11.5 Å². The minimum Gasteiger partial charge on any atom is -0.490 e. The molecule has 1 aromatic heterocycles. The number of likely N-dealkylation sites (tertiary alicyclic amines) is 1. The Bertz CT molecular complexity index is 1440. The molecule has 2 atom stereocenters. The predicted molar refractivity (Wildman–Crippen MR) is 156 cm³/mol. The summed E-state index contributed by atoms with van der Waals surface area (Å²) >= 11 is 0. The molecule has 1 aliphatic rings. The molecule has 1 fully saturated rings. The molecule has 0 bridgehead atoms. The summed E-state index contributed by atoms with van der Waals surface area (Å²) in [5.41, 5.74) is 8.87. The molecule has 39 heavy (non-hydrogen) atoms. The lowest BCUT2D eigenvalue weighted by Crippen LogP contribution is -2.37. The fraction of sp³-hybridized carbons (Fsp3) is 0.312. The van der Waals surface area contributed by atoms with Crippen LogP contribution in [0.25, 0.3) is 10.8 Å². The van der Waals surface area contributed by atoms with Gasteiger partial charge >= 0.3 is 0 Å². The van der Waals surface area contributed by atoms with Crippen molar-refractivity contribution < 1.29 is 14.3 Å². The normalized spacial score (nSPS) is 15.9. The number of pyridine rings is 1. The fourth-order valence-corrected chi connectivity index (χ4v) is 5.29. The molecular formula is C32H36N4O3. The van der Waals surface area contributed by atoms with Gasteiger partial charge in [0.05, 0.1) is 18.8 Å². The molecule has 1 amide bonds. The molecule has 202 valence electrons. The van der Waals surface area contributed by atoms with Crippen molar-refractivity contribution in [2.45, 2.75) is 51.8 Å². The van der Waals surface area contributed by atoms with Crippen LogP contribution in [0.15, 0.2) is 79.0 Å². The molecule has 0 unspecified atom stereocenters. The number of fused-ring (bicyclic) bond motifs is 1. The number of nitrogens with zero attached hydrogens (tertiary/aromatic N) is 2. The first-order valence-electron chi connectivity index (χ1n) is 13.6. The van der Waals surface area contributed by atoms with Crippen molar-refractivity contribution in [1.82, 2.24) is 9.88 Å². The highest BCUT2D eigenvalue weighted by Crippen LogP contribution is 2.38. The molecule has 7 nitrogen and oxygen atoms in total. The van der Waals surface area contributed by atoms with Crippen molar-refractivity contribution >= 4 is 28.2 Å². The Morgan fingerprint density at radius 3 is 2.67 bits per heavy atom. The summed E-state index contributed by atoms with van der Waals surface area (Å²) < 4.78 is 11.9. The molecule has 3 N–H and O–H groups in total. The molecule has 1 aliphatic heterocycles. The number of rotatable bonds is 9. The monoisotopic (exact) mass is 524 g/mol. The molecule has 2 heterocycles. The summed E-state index contributed by atoms with van der Waals surface area (Å²) in [6, 6.07) is 23.3. The Hall–Kier alpha value is -4.26. The molecule has 0 aliphatic carbocycles. The molecule has 5 rings (SSSR count). The summed E-state index contributed by atoms with van der Waals surface area (Å²) in [6.45, 7) is 7.11. The number of amides is 1. The maximum atomic E-state index is 14.3. The van der Waals surface area contributed by atoms with Crippen molar-refractivity contribution in [2.75, 3.05) is 24.2 Å². The van der Waals surface area contributed by atoms with Gasteiger partial charge in [-0.25, -0.2) is 4.98 Å². The van der Waals surface area contributed by atoms with E-state index in [1.165, 1.54) is 0 Å². The van der Waals surface area contributed by atoms with Crippen molar-refractivity contribution in [3.05, 3.63) is 90.1 Å². The van der Waals surface area contributed by atoms with Gasteiger partial charge in [-0.15, -0.1) is 0 Å². The molecule has 3 aromatic carbocycles. The number of ether oxygens (including phenoxy) is 2. The summed E-state index contributed by atoms with van der Waals surface area (Å²) in [4.78, 5) is 20.5. The predicted octanol–water partition coefficient (Wildman–Crippen LogP) is 6.52. The summed E-state index contributed by atoms with van der Waals surface area (Å²) in [7, 11) is 0. The van der Waals surface area contributed by atoms with Crippen LogP contribution in [0.1, 0.15) is 56.8 Å². The van der Waals surface area contributed by atoms with E-state index >= 15 is 0 Å². The Morgan fingerprint density at radius 1 is 1.08 bits per heavy atom. The van der Waals surface area contributed by atoms with Crippen molar-refractivity contribution in [3.63, 3.8) is 0 Å². The Balaban J connectivity index is 1.54. The number of aromatic nitrogens is 1. The lowest BCUT2D eigenvalue weighted by atomic mass is 10.0. The third kappa shape index (κ3) is 5.77.